The number of carbonyl (C=O) groups is 1. The number of nitrogens with one attached hydrogen (secondary N) is 1. The lowest BCUT2D eigenvalue weighted by Crippen LogP contribution is -2.33. The molecule has 1 aromatic heterocycles. The van der Waals surface area contributed by atoms with Crippen LogP contribution in [0.5, 0.6) is 0 Å². The van der Waals surface area contributed by atoms with Crippen LogP contribution in [0.15, 0.2) is 16.7 Å². The molecule has 0 aliphatic carbocycles. The number of halogens is 1. The van der Waals surface area contributed by atoms with Crippen molar-refractivity contribution in [3.05, 3.63) is 22.3 Å². The molecule has 20 heavy (non-hydrogen) atoms. The average molecular weight is 341 g/mol. The first-order chi connectivity index (χ1) is 9.47. The molecule has 1 fully saturated rings. The van der Waals surface area contributed by atoms with Gasteiger partial charge in [0.15, 0.2) is 0 Å². The van der Waals surface area contributed by atoms with Crippen molar-refractivity contribution in [2.45, 2.75) is 26.3 Å². The summed E-state index contributed by atoms with van der Waals surface area (Å²) in [4.78, 5) is 18.5. The number of nitrogens with two attached hydrogens (primary N) is 1. The Morgan fingerprint density at radius 2 is 2.40 bits per heavy atom. The van der Waals surface area contributed by atoms with E-state index in [1.807, 2.05) is 0 Å². The maximum absolute atomic E-state index is 12.1. The second-order valence-corrected chi connectivity index (χ2v) is 6.46. The zero-order valence-electron chi connectivity index (χ0n) is 11.9. The van der Waals surface area contributed by atoms with Crippen LogP contribution in [0.4, 0.5) is 5.82 Å². The van der Waals surface area contributed by atoms with Gasteiger partial charge in [0.05, 0.1) is 5.56 Å². The summed E-state index contributed by atoms with van der Waals surface area (Å²) < 4.78 is 0.753. The van der Waals surface area contributed by atoms with E-state index < -0.39 is 0 Å². The van der Waals surface area contributed by atoms with Crippen LogP contribution in [0.2, 0.25) is 0 Å². The van der Waals surface area contributed by atoms with Crippen LogP contribution in [0, 0.1) is 5.92 Å². The fourth-order valence-corrected chi connectivity index (χ4v) is 2.79. The summed E-state index contributed by atoms with van der Waals surface area (Å²) in [6, 6.07) is 2.27. The van der Waals surface area contributed by atoms with E-state index in [4.69, 9.17) is 5.73 Å². The number of hydrogen-bond acceptors (Lipinski definition) is 4. The molecule has 1 aromatic rings. The van der Waals surface area contributed by atoms with Gasteiger partial charge in [-0.25, -0.2) is 4.98 Å². The highest BCUT2D eigenvalue weighted by atomic mass is 79.9. The van der Waals surface area contributed by atoms with Gasteiger partial charge in [0, 0.05) is 29.8 Å². The fraction of sp³-hybridized carbons (Fsp3) is 0.571. The summed E-state index contributed by atoms with van der Waals surface area (Å²) in [5.41, 5.74) is 6.16. The normalized spacial score (nSPS) is 19.5. The van der Waals surface area contributed by atoms with Crippen LogP contribution in [-0.4, -0.2) is 41.5 Å². The maximum Gasteiger partial charge on any atom is 0.255 e. The van der Waals surface area contributed by atoms with E-state index in [2.05, 4.69) is 45.0 Å². The van der Waals surface area contributed by atoms with Gasteiger partial charge in [0.2, 0.25) is 0 Å². The third-order valence-electron chi connectivity index (χ3n) is 3.73. The molecule has 0 bridgehead atoms. The molecule has 0 radical (unpaired) electrons. The molecule has 110 valence electrons. The van der Waals surface area contributed by atoms with Crippen LogP contribution >= 0.6 is 15.9 Å². The minimum atomic E-state index is -0.153. The zero-order chi connectivity index (χ0) is 14.7. The van der Waals surface area contributed by atoms with Crippen molar-refractivity contribution in [1.29, 1.82) is 0 Å². The molecule has 6 heteroatoms. The number of nitrogens with zero attached hydrogens (tertiary/aromatic N) is 2. The molecular formula is C14H21BrN4O. The van der Waals surface area contributed by atoms with Gasteiger partial charge in [-0.1, -0.05) is 0 Å². The van der Waals surface area contributed by atoms with E-state index in [1.54, 1.807) is 12.3 Å². The Hall–Kier alpha value is -1.14. The van der Waals surface area contributed by atoms with E-state index >= 15 is 0 Å². The molecule has 1 saturated heterocycles. The van der Waals surface area contributed by atoms with Crippen molar-refractivity contribution in [3.63, 3.8) is 0 Å². The number of nitrogen functional groups attached to an aromatic ring is 1. The summed E-state index contributed by atoms with van der Waals surface area (Å²) in [5.74, 6) is 0.628. The lowest BCUT2D eigenvalue weighted by atomic mass is 10.1. The first-order valence-electron chi connectivity index (χ1n) is 6.90. The van der Waals surface area contributed by atoms with Crippen molar-refractivity contribution in [2.24, 2.45) is 5.92 Å². The number of pyridine rings is 1. The molecular weight excluding hydrogens is 320 g/mol. The zero-order valence-corrected chi connectivity index (χ0v) is 13.5. The van der Waals surface area contributed by atoms with Gasteiger partial charge in [0.25, 0.3) is 5.91 Å². The van der Waals surface area contributed by atoms with Crippen LogP contribution in [0.25, 0.3) is 0 Å². The van der Waals surface area contributed by atoms with Gasteiger partial charge in [-0.3, -0.25) is 4.79 Å². The standard InChI is InChI=1S/C14H21BrN4O/c1-9(2)19-4-3-10(8-19)6-18-14(20)12-5-11(15)7-17-13(12)16/h5,7,9-10H,3-4,6,8H2,1-2H3,(H2,16,17)(H,18,20). The number of amides is 1. The maximum atomic E-state index is 12.1. The Morgan fingerprint density at radius 1 is 1.65 bits per heavy atom. The Balaban J connectivity index is 1.88. The van der Waals surface area contributed by atoms with Gasteiger partial charge in [-0.05, 0) is 54.7 Å². The number of rotatable bonds is 4. The Morgan fingerprint density at radius 3 is 3.05 bits per heavy atom. The smallest absolute Gasteiger partial charge is 0.255 e. The number of likely N-dealkylation sites (tertiary alicyclic amines) is 1. The van der Waals surface area contributed by atoms with Gasteiger partial charge in [-0.2, -0.15) is 0 Å². The Kier molecular flexibility index (Phi) is 4.99. The summed E-state index contributed by atoms with van der Waals surface area (Å²) in [7, 11) is 0. The van der Waals surface area contributed by atoms with Crippen LogP contribution in [0.3, 0.4) is 0 Å². The largest absolute Gasteiger partial charge is 0.383 e. The number of aromatic nitrogens is 1. The summed E-state index contributed by atoms with van der Waals surface area (Å²) in [5, 5.41) is 2.96. The highest BCUT2D eigenvalue weighted by Crippen LogP contribution is 2.19. The third-order valence-corrected chi connectivity index (χ3v) is 4.16. The van der Waals surface area contributed by atoms with Gasteiger partial charge in [0.1, 0.15) is 5.82 Å². The van der Waals surface area contributed by atoms with E-state index in [1.165, 1.54) is 0 Å². The highest BCUT2D eigenvalue weighted by Gasteiger charge is 2.24. The minimum absolute atomic E-state index is 0.153. The van der Waals surface area contributed by atoms with Crippen molar-refractivity contribution in [3.8, 4) is 0 Å². The minimum Gasteiger partial charge on any atom is -0.383 e. The fourth-order valence-electron chi connectivity index (χ4n) is 2.46. The number of carbonyl (C=O) groups excluding carboxylic acids is 1. The average Bonchev–Trinajstić information content (AvgIpc) is 2.88. The quantitative estimate of drug-likeness (QED) is 0.877. The van der Waals surface area contributed by atoms with Crippen LogP contribution in [-0.2, 0) is 0 Å². The molecule has 0 saturated carbocycles. The second kappa shape index (κ2) is 6.54. The molecule has 1 aliphatic rings. The third kappa shape index (κ3) is 3.70. The van der Waals surface area contributed by atoms with Gasteiger partial charge >= 0.3 is 0 Å². The van der Waals surface area contributed by atoms with Crippen LogP contribution in [0.1, 0.15) is 30.6 Å². The Labute approximate surface area is 128 Å². The van der Waals surface area contributed by atoms with Crippen molar-refractivity contribution < 1.29 is 4.79 Å². The van der Waals surface area contributed by atoms with Crippen LogP contribution < -0.4 is 11.1 Å². The summed E-state index contributed by atoms with van der Waals surface area (Å²) in [6.45, 7) is 7.25. The van der Waals surface area contributed by atoms with E-state index in [9.17, 15) is 4.79 Å². The van der Waals surface area contributed by atoms with Gasteiger partial charge in [-0.15, -0.1) is 0 Å². The number of hydrogen-bond donors (Lipinski definition) is 2. The molecule has 1 aliphatic heterocycles. The molecule has 3 N–H and O–H groups in total. The molecule has 1 atom stereocenters. The molecule has 2 rings (SSSR count). The predicted molar refractivity (Wildman–Crippen MR) is 83.5 cm³/mol. The highest BCUT2D eigenvalue weighted by molar-refractivity contribution is 9.10. The first-order valence-corrected chi connectivity index (χ1v) is 7.70. The molecule has 5 nitrogen and oxygen atoms in total. The molecule has 0 aromatic carbocycles. The predicted octanol–water partition coefficient (Wildman–Crippen LogP) is 1.89. The topological polar surface area (TPSA) is 71.2 Å². The Bertz CT molecular complexity index is 492. The van der Waals surface area contributed by atoms with E-state index in [0.717, 1.165) is 24.0 Å². The monoisotopic (exact) mass is 340 g/mol. The van der Waals surface area contributed by atoms with Crippen molar-refractivity contribution in [2.75, 3.05) is 25.4 Å². The van der Waals surface area contributed by atoms with E-state index in [-0.39, 0.29) is 11.7 Å². The van der Waals surface area contributed by atoms with E-state index in [0.29, 0.717) is 24.1 Å². The summed E-state index contributed by atoms with van der Waals surface area (Å²) in [6.07, 6.45) is 2.72. The lowest BCUT2D eigenvalue weighted by Gasteiger charge is -2.20. The number of anilines is 1. The van der Waals surface area contributed by atoms with Crippen molar-refractivity contribution >= 4 is 27.7 Å². The molecule has 1 amide bonds. The lowest BCUT2D eigenvalue weighted by molar-refractivity contribution is 0.0947. The molecule has 2 heterocycles. The second-order valence-electron chi connectivity index (χ2n) is 5.54. The molecule has 1 unspecified atom stereocenters. The summed E-state index contributed by atoms with van der Waals surface area (Å²) >= 11 is 3.30. The van der Waals surface area contributed by atoms with Gasteiger partial charge < -0.3 is 16.0 Å². The SMILES string of the molecule is CC(C)N1CCC(CNC(=O)c2cc(Br)cnc2N)C1. The first kappa shape index (κ1) is 15.3. The molecule has 0 spiro atoms. The van der Waals surface area contributed by atoms with Crippen molar-refractivity contribution in [1.82, 2.24) is 15.2 Å².